The molecule has 3 saturated heterocycles. The topological polar surface area (TPSA) is 62.3 Å². The Kier molecular flexibility index (Phi) is 3.86. The fraction of sp³-hybridized carbons (Fsp3) is 0.737. The van der Waals surface area contributed by atoms with Crippen molar-refractivity contribution >= 4 is 5.97 Å². The van der Waals surface area contributed by atoms with Crippen molar-refractivity contribution in [3.8, 4) is 0 Å². The highest BCUT2D eigenvalue weighted by Gasteiger charge is 2.66. The van der Waals surface area contributed by atoms with Gasteiger partial charge in [-0.3, -0.25) is 9.69 Å². The third-order valence-corrected chi connectivity index (χ3v) is 5.81. The largest absolute Gasteiger partial charge is 0.457 e. The van der Waals surface area contributed by atoms with Gasteiger partial charge in [0, 0.05) is 13.5 Å². The molecule has 1 aliphatic carbocycles. The molecule has 0 aromatic heterocycles. The monoisotopic (exact) mass is 333 g/mol. The van der Waals surface area contributed by atoms with Crippen molar-refractivity contribution in [1.82, 2.24) is 4.90 Å². The second-order valence-corrected chi connectivity index (χ2v) is 7.96. The van der Waals surface area contributed by atoms with Crippen LogP contribution in [0.25, 0.3) is 0 Å². The minimum atomic E-state index is -1.10. The number of hydrogen-bond donors (Lipinski definition) is 1. The SMILES string of the molecule is CC(=O)OC1C(C=C(C)C=CC2CC2)N2CCC3OC3C2C1(C)O. The maximum absolute atomic E-state index is 11.6. The maximum atomic E-state index is 11.6. The summed E-state index contributed by atoms with van der Waals surface area (Å²) in [5.41, 5.74) is 0.0482. The summed E-state index contributed by atoms with van der Waals surface area (Å²) in [5.74, 6) is 0.380. The number of carbonyl (C=O) groups excluding carboxylic acids is 1. The highest BCUT2D eigenvalue weighted by atomic mass is 16.6. The van der Waals surface area contributed by atoms with Crippen LogP contribution in [0.1, 0.15) is 40.0 Å². The van der Waals surface area contributed by atoms with Crippen molar-refractivity contribution in [2.45, 2.75) is 76.0 Å². The Morgan fingerprint density at radius 3 is 2.75 bits per heavy atom. The Hall–Kier alpha value is -1.17. The van der Waals surface area contributed by atoms with Gasteiger partial charge in [-0.05, 0) is 39.0 Å². The van der Waals surface area contributed by atoms with E-state index in [1.165, 1.54) is 19.8 Å². The van der Waals surface area contributed by atoms with Crippen molar-refractivity contribution < 1.29 is 19.4 Å². The molecule has 24 heavy (non-hydrogen) atoms. The van der Waals surface area contributed by atoms with Gasteiger partial charge < -0.3 is 14.6 Å². The van der Waals surface area contributed by atoms with Gasteiger partial charge in [-0.15, -0.1) is 0 Å². The first-order valence-corrected chi connectivity index (χ1v) is 9.05. The minimum Gasteiger partial charge on any atom is -0.457 e. The molecule has 6 atom stereocenters. The fourth-order valence-corrected chi connectivity index (χ4v) is 4.41. The van der Waals surface area contributed by atoms with E-state index in [-0.39, 0.29) is 30.3 Å². The summed E-state index contributed by atoms with van der Waals surface area (Å²) in [7, 11) is 0. The molecule has 1 N–H and O–H groups in total. The highest BCUT2D eigenvalue weighted by molar-refractivity contribution is 5.66. The van der Waals surface area contributed by atoms with Gasteiger partial charge in [0.2, 0.25) is 0 Å². The first-order chi connectivity index (χ1) is 11.4. The Morgan fingerprint density at radius 2 is 2.08 bits per heavy atom. The zero-order valence-corrected chi connectivity index (χ0v) is 14.6. The third kappa shape index (κ3) is 2.83. The number of allylic oxidation sites excluding steroid dienone is 3. The summed E-state index contributed by atoms with van der Waals surface area (Å²) in [6, 6.07) is -0.218. The summed E-state index contributed by atoms with van der Waals surface area (Å²) in [4.78, 5) is 13.9. The quantitative estimate of drug-likeness (QED) is 0.483. The molecular formula is C19H27NO4. The van der Waals surface area contributed by atoms with Gasteiger partial charge in [-0.2, -0.15) is 0 Å². The molecule has 6 unspecified atom stereocenters. The van der Waals surface area contributed by atoms with E-state index in [9.17, 15) is 9.90 Å². The molecule has 4 fully saturated rings. The number of epoxide rings is 1. The van der Waals surface area contributed by atoms with Crippen LogP contribution in [-0.2, 0) is 14.3 Å². The van der Waals surface area contributed by atoms with Crippen molar-refractivity contribution in [2.24, 2.45) is 5.92 Å². The molecule has 3 aliphatic heterocycles. The van der Waals surface area contributed by atoms with Crippen LogP contribution in [0.5, 0.6) is 0 Å². The number of carbonyl (C=O) groups is 1. The summed E-state index contributed by atoms with van der Waals surface area (Å²) in [6.45, 7) is 6.13. The van der Waals surface area contributed by atoms with Crippen LogP contribution in [0.15, 0.2) is 23.8 Å². The lowest BCUT2D eigenvalue weighted by Gasteiger charge is -2.33. The molecule has 0 aromatic carbocycles. The summed E-state index contributed by atoms with van der Waals surface area (Å²) in [6.07, 6.45) is 9.86. The summed E-state index contributed by atoms with van der Waals surface area (Å²) < 4.78 is 11.3. The molecule has 0 spiro atoms. The predicted molar refractivity (Wildman–Crippen MR) is 89.4 cm³/mol. The van der Waals surface area contributed by atoms with Crippen LogP contribution in [0.3, 0.4) is 0 Å². The molecule has 132 valence electrons. The number of ether oxygens (including phenoxy) is 2. The molecule has 4 aliphatic rings. The highest BCUT2D eigenvalue weighted by Crippen LogP contribution is 2.48. The summed E-state index contributed by atoms with van der Waals surface area (Å²) in [5, 5.41) is 11.2. The summed E-state index contributed by atoms with van der Waals surface area (Å²) >= 11 is 0. The van der Waals surface area contributed by atoms with Crippen LogP contribution in [0, 0.1) is 5.92 Å². The van der Waals surface area contributed by atoms with Gasteiger partial charge >= 0.3 is 5.97 Å². The molecule has 0 amide bonds. The smallest absolute Gasteiger partial charge is 0.303 e. The Morgan fingerprint density at radius 1 is 1.33 bits per heavy atom. The Labute approximate surface area is 143 Å². The van der Waals surface area contributed by atoms with Gasteiger partial charge in [-0.25, -0.2) is 0 Å². The molecule has 3 heterocycles. The number of nitrogens with zero attached hydrogens (tertiary/aromatic N) is 1. The van der Waals surface area contributed by atoms with Gasteiger partial charge in [0.05, 0.1) is 18.2 Å². The van der Waals surface area contributed by atoms with Crippen LogP contribution in [0.4, 0.5) is 0 Å². The van der Waals surface area contributed by atoms with Crippen LogP contribution >= 0.6 is 0 Å². The van der Waals surface area contributed by atoms with Gasteiger partial charge in [0.1, 0.15) is 11.7 Å². The lowest BCUT2D eigenvalue weighted by atomic mass is 9.88. The molecule has 5 nitrogen and oxygen atoms in total. The lowest BCUT2D eigenvalue weighted by Crippen LogP contribution is -2.53. The van der Waals surface area contributed by atoms with Crippen molar-refractivity contribution in [1.29, 1.82) is 0 Å². The van der Waals surface area contributed by atoms with E-state index in [2.05, 4.69) is 30.1 Å². The van der Waals surface area contributed by atoms with Crippen LogP contribution in [-0.4, -0.2) is 58.5 Å². The standard InChI is InChI=1S/C19H27NO4/c1-11(4-5-13-6-7-13)10-14-18(23-12(2)21)19(3,22)17-16-15(24-16)8-9-20(14)17/h4-5,10,13-18,22H,6-9H2,1-3H3. The van der Waals surface area contributed by atoms with Crippen molar-refractivity contribution in [3.63, 3.8) is 0 Å². The fourth-order valence-electron chi connectivity index (χ4n) is 4.41. The van der Waals surface area contributed by atoms with E-state index < -0.39 is 11.7 Å². The number of piperidine rings is 1. The van der Waals surface area contributed by atoms with E-state index in [1.807, 2.05) is 0 Å². The zero-order chi connectivity index (χ0) is 17.1. The lowest BCUT2D eigenvalue weighted by molar-refractivity contribution is -0.158. The molecule has 5 heteroatoms. The molecule has 1 saturated carbocycles. The molecular weight excluding hydrogens is 306 g/mol. The first kappa shape index (κ1) is 16.3. The maximum Gasteiger partial charge on any atom is 0.303 e. The van der Waals surface area contributed by atoms with E-state index >= 15 is 0 Å². The Balaban J connectivity index is 1.62. The number of hydrogen-bond acceptors (Lipinski definition) is 5. The normalized spacial score (nSPS) is 45.2. The van der Waals surface area contributed by atoms with E-state index in [4.69, 9.17) is 9.47 Å². The van der Waals surface area contributed by atoms with Gasteiger partial charge in [0.15, 0.2) is 6.10 Å². The van der Waals surface area contributed by atoms with Crippen molar-refractivity contribution in [2.75, 3.05) is 6.54 Å². The van der Waals surface area contributed by atoms with Gasteiger partial charge in [-0.1, -0.05) is 23.8 Å². The third-order valence-electron chi connectivity index (χ3n) is 5.81. The van der Waals surface area contributed by atoms with Gasteiger partial charge in [0.25, 0.3) is 0 Å². The average molecular weight is 333 g/mol. The first-order valence-electron chi connectivity index (χ1n) is 9.05. The molecule has 4 rings (SSSR count). The second-order valence-electron chi connectivity index (χ2n) is 7.96. The zero-order valence-electron chi connectivity index (χ0n) is 14.6. The van der Waals surface area contributed by atoms with E-state index in [0.717, 1.165) is 24.5 Å². The average Bonchev–Trinajstić information content (AvgIpc) is 3.40. The van der Waals surface area contributed by atoms with Crippen LogP contribution < -0.4 is 0 Å². The molecule has 0 radical (unpaired) electrons. The predicted octanol–water partition coefficient (Wildman–Crippen LogP) is 1.81. The number of fused-ring (bicyclic) bond motifs is 3. The number of rotatable bonds is 4. The van der Waals surface area contributed by atoms with Crippen LogP contribution in [0.2, 0.25) is 0 Å². The van der Waals surface area contributed by atoms with Crippen molar-refractivity contribution in [3.05, 3.63) is 23.8 Å². The number of aliphatic hydroxyl groups is 1. The Bertz CT molecular complexity index is 592. The number of esters is 1. The van der Waals surface area contributed by atoms with E-state index in [1.54, 1.807) is 6.92 Å². The molecule has 0 aromatic rings. The second kappa shape index (κ2) is 5.68. The minimum absolute atomic E-state index is 0.0625. The molecule has 0 bridgehead atoms. The van der Waals surface area contributed by atoms with E-state index in [0.29, 0.717) is 0 Å².